The summed E-state index contributed by atoms with van der Waals surface area (Å²) < 4.78 is 0. The maximum atomic E-state index is 10.9. The minimum absolute atomic E-state index is 0.259. The zero-order valence-corrected chi connectivity index (χ0v) is 14.9. The zero-order chi connectivity index (χ0) is 17.9. The van der Waals surface area contributed by atoms with Crippen molar-refractivity contribution in [2.75, 3.05) is 0 Å². The fraction of sp³-hybridized carbons (Fsp3) is 0.550. The summed E-state index contributed by atoms with van der Waals surface area (Å²) in [6.45, 7) is 2.09. The van der Waals surface area contributed by atoms with Crippen LogP contribution in [0.4, 0.5) is 0 Å². The molecule has 0 aliphatic heterocycles. The Morgan fingerprint density at radius 3 is 2.08 bits per heavy atom. The highest BCUT2D eigenvalue weighted by molar-refractivity contribution is 5.49. The molecule has 0 heterocycles. The Morgan fingerprint density at radius 1 is 0.875 bits per heavy atom. The summed E-state index contributed by atoms with van der Waals surface area (Å²) in [7, 11) is 0. The SMILES string of the molecule is CCCCC/C(=C\C/C=C\C/C=C\C/C=C\CCCC=O)[N+](=O)[O-]. The van der Waals surface area contributed by atoms with Crippen LogP contribution in [0.1, 0.15) is 71.1 Å². The molecule has 0 N–H and O–H groups in total. The van der Waals surface area contributed by atoms with Gasteiger partial charge in [0.25, 0.3) is 0 Å². The predicted molar refractivity (Wildman–Crippen MR) is 100 cm³/mol. The molecule has 0 amide bonds. The van der Waals surface area contributed by atoms with Gasteiger partial charge >= 0.3 is 0 Å². The lowest BCUT2D eigenvalue weighted by Crippen LogP contribution is -1.98. The van der Waals surface area contributed by atoms with Gasteiger partial charge in [-0.2, -0.15) is 0 Å². The number of nitrogens with zero attached hydrogens (tertiary/aromatic N) is 1. The molecule has 0 aromatic heterocycles. The van der Waals surface area contributed by atoms with Gasteiger partial charge in [0.2, 0.25) is 5.70 Å². The Bertz CT molecular complexity index is 448. The first-order chi connectivity index (χ1) is 11.7. The van der Waals surface area contributed by atoms with E-state index in [0.717, 1.165) is 51.2 Å². The van der Waals surface area contributed by atoms with Gasteiger partial charge in [-0.1, -0.05) is 56.2 Å². The topological polar surface area (TPSA) is 60.2 Å². The quantitative estimate of drug-likeness (QED) is 0.123. The Hall–Kier alpha value is -1.97. The third-order valence-corrected chi connectivity index (χ3v) is 3.50. The van der Waals surface area contributed by atoms with Gasteiger partial charge in [-0.3, -0.25) is 10.1 Å². The van der Waals surface area contributed by atoms with E-state index >= 15 is 0 Å². The summed E-state index contributed by atoms with van der Waals surface area (Å²) in [6, 6.07) is 0. The first kappa shape index (κ1) is 22.0. The van der Waals surface area contributed by atoms with Crippen molar-refractivity contribution in [2.24, 2.45) is 0 Å². The number of allylic oxidation sites excluding steroid dienone is 8. The lowest BCUT2D eigenvalue weighted by Gasteiger charge is -1.97. The molecular formula is C20H31NO3. The molecule has 0 aliphatic rings. The van der Waals surface area contributed by atoms with Crippen molar-refractivity contribution < 1.29 is 9.72 Å². The lowest BCUT2D eigenvalue weighted by molar-refractivity contribution is -0.428. The van der Waals surface area contributed by atoms with Crippen LogP contribution in [0.25, 0.3) is 0 Å². The first-order valence-corrected chi connectivity index (χ1v) is 8.94. The van der Waals surface area contributed by atoms with Gasteiger partial charge in [0.15, 0.2) is 0 Å². The molecule has 4 nitrogen and oxygen atoms in total. The highest BCUT2D eigenvalue weighted by Gasteiger charge is 2.08. The molecule has 0 radical (unpaired) electrons. The monoisotopic (exact) mass is 333 g/mol. The normalized spacial score (nSPS) is 12.6. The smallest absolute Gasteiger partial charge is 0.242 e. The van der Waals surface area contributed by atoms with Crippen LogP contribution >= 0.6 is 0 Å². The summed E-state index contributed by atoms with van der Waals surface area (Å²) in [5.74, 6) is 0. The molecule has 0 rings (SSSR count). The van der Waals surface area contributed by atoms with E-state index in [2.05, 4.69) is 31.2 Å². The second kappa shape index (κ2) is 17.4. The Balaban J connectivity index is 3.85. The number of aldehydes is 1. The number of carbonyl (C=O) groups excluding carboxylic acids is 1. The van der Waals surface area contributed by atoms with Crippen molar-refractivity contribution in [1.29, 1.82) is 0 Å². The number of carbonyl (C=O) groups is 1. The van der Waals surface area contributed by atoms with Crippen molar-refractivity contribution in [3.63, 3.8) is 0 Å². The predicted octanol–water partition coefficient (Wildman–Crippen LogP) is 5.94. The number of unbranched alkanes of at least 4 members (excludes halogenated alkanes) is 4. The molecule has 0 bridgehead atoms. The highest BCUT2D eigenvalue weighted by Crippen LogP contribution is 2.10. The highest BCUT2D eigenvalue weighted by atomic mass is 16.6. The molecule has 0 aromatic rings. The second-order valence-electron chi connectivity index (χ2n) is 5.63. The standard InChI is InChI=1S/C20H31NO3/c1-2-3-14-17-20(21(23)24)18-15-12-10-8-6-4-5-7-9-11-13-16-19-22/h4,6-7,9-10,12,18-19H,2-3,5,8,11,13-17H2,1H3/b6-4-,9-7-,12-10-,20-18+. The maximum Gasteiger partial charge on any atom is 0.242 e. The van der Waals surface area contributed by atoms with Gasteiger partial charge in [0, 0.05) is 12.8 Å². The Labute approximate surface area is 146 Å². The largest absolute Gasteiger partial charge is 0.303 e. The van der Waals surface area contributed by atoms with E-state index in [1.807, 2.05) is 12.2 Å². The molecule has 0 unspecified atom stereocenters. The number of nitro groups is 1. The van der Waals surface area contributed by atoms with Crippen molar-refractivity contribution >= 4 is 6.29 Å². The molecule has 0 atom stereocenters. The summed E-state index contributed by atoms with van der Waals surface area (Å²) in [5.41, 5.74) is 0.336. The van der Waals surface area contributed by atoms with Crippen molar-refractivity contribution in [2.45, 2.75) is 71.1 Å². The van der Waals surface area contributed by atoms with Crippen LogP contribution in [0.5, 0.6) is 0 Å². The molecule has 24 heavy (non-hydrogen) atoms. The first-order valence-electron chi connectivity index (χ1n) is 8.94. The van der Waals surface area contributed by atoms with Crippen LogP contribution < -0.4 is 0 Å². The summed E-state index contributed by atoms with van der Waals surface area (Å²) >= 11 is 0. The van der Waals surface area contributed by atoms with E-state index in [9.17, 15) is 14.9 Å². The maximum absolute atomic E-state index is 10.9. The van der Waals surface area contributed by atoms with Gasteiger partial charge < -0.3 is 4.79 Å². The van der Waals surface area contributed by atoms with Crippen LogP contribution in [0.2, 0.25) is 0 Å². The van der Waals surface area contributed by atoms with Crippen LogP contribution in [0.15, 0.2) is 48.2 Å². The van der Waals surface area contributed by atoms with E-state index in [4.69, 9.17) is 0 Å². The summed E-state index contributed by atoms with van der Waals surface area (Å²) in [6.07, 6.45) is 23.5. The zero-order valence-electron chi connectivity index (χ0n) is 14.9. The molecule has 0 aliphatic carbocycles. The molecule has 0 saturated carbocycles. The van der Waals surface area contributed by atoms with Gasteiger partial charge in [-0.05, 0) is 44.6 Å². The fourth-order valence-electron chi connectivity index (χ4n) is 2.10. The molecule has 0 saturated heterocycles. The molecule has 0 fully saturated rings. The molecule has 0 spiro atoms. The Kier molecular flexibility index (Phi) is 16.0. The molecular weight excluding hydrogens is 302 g/mol. The summed E-state index contributed by atoms with van der Waals surface area (Å²) in [4.78, 5) is 20.8. The average molecular weight is 333 g/mol. The van der Waals surface area contributed by atoms with Crippen LogP contribution in [-0.2, 0) is 4.79 Å². The summed E-state index contributed by atoms with van der Waals surface area (Å²) in [5, 5.41) is 10.9. The van der Waals surface area contributed by atoms with E-state index in [-0.39, 0.29) is 4.92 Å². The minimum Gasteiger partial charge on any atom is -0.303 e. The molecule has 0 aromatic carbocycles. The van der Waals surface area contributed by atoms with E-state index in [1.165, 1.54) is 0 Å². The Morgan fingerprint density at radius 2 is 1.50 bits per heavy atom. The van der Waals surface area contributed by atoms with Crippen LogP contribution in [0.3, 0.4) is 0 Å². The van der Waals surface area contributed by atoms with Crippen molar-refractivity contribution in [3.8, 4) is 0 Å². The van der Waals surface area contributed by atoms with Crippen molar-refractivity contribution in [1.82, 2.24) is 0 Å². The third-order valence-electron chi connectivity index (χ3n) is 3.50. The third kappa shape index (κ3) is 14.9. The molecule has 4 heteroatoms. The van der Waals surface area contributed by atoms with E-state index in [0.29, 0.717) is 25.0 Å². The fourth-order valence-corrected chi connectivity index (χ4v) is 2.10. The van der Waals surface area contributed by atoms with Gasteiger partial charge in [0.1, 0.15) is 6.29 Å². The van der Waals surface area contributed by atoms with E-state index < -0.39 is 0 Å². The number of hydrogen-bond acceptors (Lipinski definition) is 3. The van der Waals surface area contributed by atoms with Crippen molar-refractivity contribution in [3.05, 3.63) is 58.3 Å². The van der Waals surface area contributed by atoms with Crippen LogP contribution in [0, 0.1) is 10.1 Å². The van der Waals surface area contributed by atoms with E-state index in [1.54, 1.807) is 6.08 Å². The van der Waals surface area contributed by atoms with Gasteiger partial charge in [-0.25, -0.2) is 0 Å². The molecule has 134 valence electrons. The minimum atomic E-state index is -0.259. The van der Waals surface area contributed by atoms with Gasteiger partial charge in [0.05, 0.1) is 4.92 Å². The average Bonchev–Trinajstić information content (AvgIpc) is 2.57. The number of hydrogen-bond donors (Lipinski definition) is 0. The number of rotatable bonds is 15. The van der Waals surface area contributed by atoms with Gasteiger partial charge in [-0.15, -0.1) is 0 Å². The van der Waals surface area contributed by atoms with Crippen LogP contribution in [-0.4, -0.2) is 11.2 Å². The lowest BCUT2D eigenvalue weighted by atomic mass is 10.1. The second-order valence-corrected chi connectivity index (χ2v) is 5.63.